The van der Waals surface area contributed by atoms with Crippen molar-refractivity contribution in [3.63, 3.8) is 0 Å². The van der Waals surface area contributed by atoms with Crippen molar-refractivity contribution in [2.24, 2.45) is 5.92 Å². The molecule has 1 fully saturated rings. The topological polar surface area (TPSA) is 58.1 Å². The van der Waals surface area contributed by atoms with E-state index in [-0.39, 0.29) is 17.4 Å². The van der Waals surface area contributed by atoms with Crippen molar-refractivity contribution < 1.29 is 4.79 Å². The summed E-state index contributed by atoms with van der Waals surface area (Å²) in [7, 11) is 0. The molecule has 1 aliphatic rings. The van der Waals surface area contributed by atoms with Crippen LogP contribution < -0.4 is 10.2 Å². The van der Waals surface area contributed by atoms with E-state index < -0.39 is 0 Å². The summed E-state index contributed by atoms with van der Waals surface area (Å²) in [4.78, 5) is 22.7. The Hall–Kier alpha value is -1.65. The Labute approximate surface area is 114 Å². The fourth-order valence-electron chi connectivity index (χ4n) is 2.33. The maximum Gasteiger partial charge on any atom is 0.225 e. The Balaban J connectivity index is 2.00. The van der Waals surface area contributed by atoms with E-state index in [0.29, 0.717) is 0 Å². The first-order valence-electron chi connectivity index (χ1n) is 6.79. The molecule has 1 saturated heterocycles. The van der Waals surface area contributed by atoms with E-state index in [1.807, 2.05) is 20.8 Å². The van der Waals surface area contributed by atoms with Gasteiger partial charge in [0.1, 0.15) is 5.82 Å². The van der Waals surface area contributed by atoms with Gasteiger partial charge >= 0.3 is 0 Å². The summed E-state index contributed by atoms with van der Waals surface area (Å²) in [6.45, 7) is 7.69. The number of piperidine rings is 1. The van der Waals surface area contributed by atoms with Gasteiger partial charge in [-0.15, -0.1) is 0 Å². The highest BCUT2D eigenvalue weighted by Crippen LogP contribution is 2.21. The number of nitrogens with zero attached hydrogens (tertiary/aromatic N) is 3. The van der Waals surface area contributed by atoms with Crippen molar-refractivity contribution in [3.05, 3.63) is 18.6 Å². The molecule has 1 aromatic heterocycles. The number of hydrogen-bond acceptors (Lipinski definition) is 4. The molecule has 1 atom stereocenters. The second kappa shape index (κ2) is 5.55. The second-order valence-electron chi connectivity index (χ2n) is 6.09. The van der Waals surface area contributed by atoms with Gasteiger partial charge in [0, 0.05) is 31.0 Å². The highest BCUT2D eigenvalue weighted by atomic mass is 16.2. The predicted molar refractivity (Wildman–Crippen MR) is 74.9 cm³/mol. The van der Waals surface area contributed by atoms with E-state index >= 15 is 0 Å². The average Bonchev–Trinajstić information content (AvgIpc) is 2.38. The molecule has 5 nitrogen and oxygen atoms in total. The Morgan fingerprint density at radius 3 is 2.84 bits per heavy atom. The molecule has 2 heterocycles. The van der Waals surface area contributed by atoms with Gasteiger partial charge in [0.25, 0.3) is 0 Å². The molecular weight excluding hydrogens is 240 g/mol. The molecule has 5 heteroatoms. The van der Waals surface area contributed by atoms with Gasteiger partial charge in [-0.3, -0.25) is 9.78 Å². The SMILES string of the molecule is CC(C)(C)NC(=O)[C@@H]1CCCN(c2cnccn2)C1. The van der Waals surface area contributed by atoms with Crippen molar-refractivity contribution >= 4 is 11.7 Å². The zero-order valence-corrected chi connectivity index (χ0v) is 11.9. The number of carbonyl (C=O) groups excluding carboxylic acids is 1. The van der Waals surface area contributed by atoms with Gasteiger partial charge in [-0.05, 0) is 33.6 Å². The molecule has 0 saturated carbocycles. The Kier molecular flexibility index (Phi) is 4.02. The first-order valence-corrected chi connectivity index (χ1v) is 6.79. The van der Waals surface area contributed by atoms with Crippen molar-refractivity contribution in [2.75, 3.05) is 18.0 Å². The molecule has 0 aliphatic carbocycles. The first kappa shape index (κ1) is 13.8. The van der Waals surface area contributed by atoms with E-state index in [4.69, 9.17) is 0 Å². The minimum absolute atomic E-state index is 0.0370. The van der Waals surface area contributed by atoms with Crippen molar-refractivity contribution in [2.45, 2.75) is 39.2 Å². The molecule has 1 aromatic rings. The maximum atomic E-state index is 12.2. The maximum absolute atomic E-state index is 12.2. The van der Waals surface area contributed by atoms with E-state index in [0.717, 1.165) is 31.7 Å². The van der Waals surface area contributed by atoms with Gasteiger partial charge in [-0.25, -0.2) is 4.98 Å². The summed E-state index contributed by atoms with van der Waals surface area (Å²) in [6.07, 6.45) is 7.06. The number of amides is 1. The van der Waals surface area contributed by atoms with Crippen LogP contribution in [0.1, 0.15) is 33.6 Å². The lowest BCUT2D eigenvalue weighted by molar-refractivity contribution is -0.126. The highest BCUT2D eigenvalue weighted by Gasteiger charge is 2.28. The molecule has 0 unspecified atom stereocenters. The average molecular weight is 262 g/mol. The molecular formula is C14H22N4O. The predicted octanol–water partition coefficient (Wildman–Crippen LogP) is 1.61. The molecule has 0 radical (unpaired) electrons. The number of rotatable bonds is 2. The van der Waals surface area contributed by atoms with Crippen LogP contribution in [0.2, 0.25) is 0 Å². The number of nitrogens with one attached hydrogen (secondary N) is 1. The fraction of sp³-hybridized carbons (Fsp3) is 0.643. The third-order valence-corrected chi connectivity index (χ3v) is 3.16. The molecule has 2 rings (SSSR count). The zero-order chi connectivity index (χ0) is 13.9. The van der Waals surface area contributed by atoms with Crippen LogP contribution in [0.4, 0.5) is 5.82 Å². The van der Waals surface area contributed by atoms with Crippen molar-refractivity contribution in [3.8, 4) is 0 Å². The van der Waals surface area contributed by atoms with Crippen LogP contribution >= 0.6 is 0 Å². The summed E-state index contributed by atoms with van der Waals surface area (Å²) in [6, 6.07) is 0. The number of hydrogen-bond donors (Lipinski definition) is 1. The number of aromatic nitrogens is 2. The monoisotopic (exact) mass is 262 g/mol. The molecule has 0 spiro atoms. The summed E-state index contributed by atoms with van der Waals surface area (Å²) in [5, 5.41) is 3.06. The van der Waals surface area contributed by atoms with Crippen LogP contribution in [0, 0.1) is 5.92 Å². The molecule has 1 amide bonds. The quantitative estimate of drug-likeness (QED) is 0.879. The summed E-state index contributed by atoms with van der Waals surface area (Å²) in [5.41, 5.74) is -0.175. The van der Waals surface area contributed by atoms with Crippen LogP contribution in [0.3, 0.4) is 0 Å². The highest BCUT2D eigenvalue weighted by molar-refractivity contribution is 5.80. The van der Waals surface area contributed by atoms with Crippen LogP contribution in [0.15, 0.2) is 18.6 Å². The summed E-state index contributed by atoms with van der Waals surface area (Å²) < 4.78 is 0. The van der Waals surface area contributed by atoms with Gasteiger partial charge in [-0.2, -0.15) is 0 Å². The van der Waals surface area contributed by atoms with Crippen LogP contribution in [0.5, 0.6) is 0 Å². The standard InChI is InChI=1S/C14H22N4O/c1-14(2,3)17-13(19)11-5-4-8-18(10-11)12-9-15-6-7-16-12/h6-7,9,11H,4-5,8,10H2,1-3H3,(H,17,19)/t11-/m1/s1. The van der Waals surface area contributed by atoms with E-state index in [9.17, 15) is 4.79 Å². The van der Waals surface area contributed by atoms with Crippen molar-refractivity contribution in [1.29, 1.82) is 0 Å². The molecule has 1 N–H and O–H groups in total. The normalized spacial score (nSPS) is 20.2. The second-order valence-corrected chi connectivity index (χ2v) is 6.09. The smallest absolute Gasteiger partial charge is 0.225 e. The van der Waals surface area contributed by atoms with E-state index in [2.05, 4.69) is 20.2 Å². The van der Waals surface area contributed by atoms with Gasteiger partial charge < -0.3 is 10.2 Å². The number of carbonyl (C=O) groups is 1. The molecule has 0 bridgehead atoms. The van der Waals surface area contributed by atoms with Gasteiger partial charge in [0.15, 0.2) is 0 Å². The summed E-state index contributed by atoms with van der Waals surface area (Å²) in [5.74, 6) is 1.03. The minimum atomic E-state index is -0.175. The third kappa shape index (κ3) is 3.91. The van der Waals surface area contributed by atoms with Crippen molar-refractivity contribution in [1.82, 2.24) is 15.3 Å². The molecule has 19 heavy (non-hydrogen) atoms. The van der Waals surface area contributed by atoms with Gasteiger partial charge in [-0.1, -0.05) is 0 Å². The van der Waals surface area contributed by atoms with Gasteiger partial charge in [0.05, 0.1) is 12.1 Å². The van der Waals surface area contributed by atoms with Crippen LogP contribution in [0.25, 0.3) is 0 Å². The third-order valence-electron chi connectivity index (χ3n) is 3.16. The molecule has 0 aromatic carbocycles. The number of anilines is 1. The Morgan fingerprint density at radius 1 is 1.42 bits per heavy atom. The Morgan fingerprint density at radius 2 is 2.21 bits per heavy atom. The first-order chi connectivity index (χ1) is 8.96. The fourth-order valence-corrected chi connectivity index (χ4v) is 2.33. The van der Waals surface area contributed by atoms with Crippen LogP contribution in [-0.2, 0) is 4.79 Å². The zero-order valence-electron chi connectivity index (χ0n) is 11.9. The van der Waals surface area contributed by atoms with Crippen LogP contribution in [-0.4, -0.2) is 34.5 Å². The van der Waals surface area contributed by atoms with Gasteiger partial charge in [0.2, 0.25) is 5.91 Å². The lowest BCUT2D eigenvalue weighted by atomic mass is 9.95. The summed E-state index contributed by atoms with van der Waals surface area (Å²) >= 11 is 0. The lowest BCUT2D eigenvalue weighted by Crippen LogP contribution is -2.48. The lowest BCUT2D eigenvalue weighted by Gasteiger charge is -2.34. The minimum Gasteiger partial charge on any atom is -0.355 e. The Bertz CT molecular complexity index is 427. The van der Waals surface area contributed by atoms with E-state index in [1.54, 1.807) is 18.6 Å². The molecule has 1 aliphatic heterocycles. The largest absolute Gasteiger partial charge is 0.355 e. The molecule has 104 valence electrons. The van der Waals surface area contributed by atoms with E-state index in [1.165, 1.54) is 0 Å².